The third kappa shape index (κ3) is 3.40. The average Bonchev–Trinajstić information content (AvgIpc) is 3.30. The average molecular weight is 409 g/mol. The maximum Gasteiger partial charge on any atom is 0.275 e. The molecule has 0 saturated heterocycles. The first-order valence-corrected chi connectivity index (χ1v) is 10.7. The number of carbonyl (C=O) groups excluding carboxylic acids is 1. The fourth-order valence-corrected chi connectivity index (χ4v) is 5.28. The summed E-state index contributed by atoms with van der Waals surface area (Å²) in [6.07, 6.45) is 5.43. The van der Waals surface area contributed by atoms with Gasteiger partial charge in [0.05, 0.1) is 5.56 Å². The molecule has 0 unspecified atom stereocenters. The van der Waals surface area contributed by atoms with Gasteiger partial charge in [-0.3, -0.25) is 4.79 Å². The molecule has 0 fully saturated rings. The molecule has 1 aliphatic carbocycles. The predicted molar refractivity (Wildman–Crippen MR) is 112 cm³/mol. The summed E-state index contributed by atoms with van der Waals surface area (Å²) < 4.78 is 1.42. The zero-order valence-corrected chi connectivity index (χ0v) is 17.9. The van der Waals surface area contributed by atoms with Crippen LogP contribution in [0.2, 0.25) is 0 Å². The van der Waals surface area contributed by atoms with Crippen molar-refractivity contribution in [3.05, 3.63) is 39.8 Å². The minimum Gasteiger partial charge on any atom is -0.311 e. The van der Waals surface area contributed by atoms with E-state index in [1.54, 1.807) is 6.07 Å². The number of hydrogen-bond donors (Lipinski definition) is 1. The molecule has 1 atom stereocenters. The van der Waals surface area contributed by atoms with E-state index in [9.17, 15) is 10.1 Å². The molecule has 1 N–H and O–H groups in total. The fourth-order valence-electron chi connectivity index (χ4n) is 4.01. The molecule has 29 heavy (non-hydrogen) atoms. The van der Waals surface area contributed by atoms with Crippen LogP contribution in [-0.4, -0.2) is 25.5 Å². The zero-order valence-electron chi connectivity index (χ0n) is 17.1. The molecule has 3 aromatic heterocycles. The highest BCUT2D eigenvalue weighted by atomic mass is 32.1. The van der Waals surface area contributed by atoms with Gasteiger partial charge in [0.15, 0.2) is 0 Å². The van der Waals surface area contributed by atoms with Crippen LogP contribution >= 0.6 is 11.3 Å². The number of fused-ring (bicyclic) bond motifs is 2. The molecular weight excluding hydrogens is 384 g/mol. The van der Waals surface area contributed by atoms with Gasteiger partial charge in [0.2, 0.25) is 0 Å². The first-order chi connectivity index (χ1) is 13.8. The number of amides is 1. The zero-order chi connectivity index (χ0) is 20.8. The number of thiophene rings is 1. The summed E-state index contributed by atoms with van der Waals surface area (Å²) in [5.41, 5.74) is 3.02. The van der Waals surface area contributed by atoms with Crippen LogP contribution in [0.1, 0.15) is 65.8 Å². The van der Waals surface area contributed by atoms with Gasteiger partial charge in [-0.2, -0.15) is 19.9 Å². The van der Waals surface area contributed by atoms with Crippen molar-refractivity contribution < 1.29 is 4.79 Å². The smallest absolute Gasteiger partial charge is 0.275 e. The molecule has 1 aliphatic rings. The first kappa shape index (κ1) is 19.5. The molecule has 0 bridgehead atoms. The molecule has 0 saturated carbocycles. The number of nitrogens with one attached hydrogen (secondary N) is 1. The van der Waals surface area contributed by atoms with E-state index in [-0.39, 0.29) is 11.3 Å². The minimum atomic E-state index is -0.313. The molecule has 4 rings (SSSR count). The van der Waals surface area contributed by atoms with Crippen molar-refractivity contribution in [2.24, 2.45) is 11.3 Å². The summed E-state index contributed by atoms with van der Waals surface area (Å²) in [6.45, 7) is 8.68. The highest BCUT2D eigenvalue weighted by molar-refractivity contribution is 7.16. The summed E-state index contributed by atoms with van der Waals surface area (Å²) in [7, 11) is 0. The number of carbonyl (C=O) groups is 1. The molecule has 150 valence electrons. The number of aryl methyl sites for hydroxylation is 1. The van der Waals surface area contributed by atoms with Gasteiger partial charge in [0, 0.05) is 10.6 Å². The second kappa shape index (κ2) is 7.23. The molecule has 7 nitrogen and oxygen atoms in total. The summed E-state index contributed by atoms with van der Waals surface area (Å²) in [4.78, 5) is 22.6. The van der Waals surface area contributed by atoms with E-state index < -0.39 is 0 Å². The second-order valence-corrected chi connectivity index (χ2v) is 9.42. The van der Waals surface area contributed by atoms with E-state index in [0.29, 0.717) is 33.6 Å². The third-order valence-corrected chi connectivity index (χ3v) is 7.40. The molecule has 0 aliphatic heterocycles. The normalized spacial score (nSPS) is 16.4. The maximum absolute atomic E-state index is 13.0. The molecule has 3 aromatic rings. The van der Waals surface area contributed by atoms with Crippen LogP contribution in [0.25, 0.3) is 5.78 Å². The van der Waals surface area contributed by atoms with E-state index >= 15 is 0 Å². The molecular formula is C21H24N6OS. The van der Waals surface area contributed by atoms with Crippen LogP contribution in [0.15, 0.2) is 12.4 Å². The van der Waals surface area contributed by atoms with Crippen molar-refractivity contribution in [2.75, 3.05) is 5.32 Å². The van der Waals surface area contributed by atoms with Crippen LogP contribution in [-0.2, 0) is 12.8 Å². The molecule has 0 aromatic carbocycles. The van der Waals surface area contributed by atoms with Gasteiger partial charge in [-0.15, -0.1) is 11.3 Å². The van der Waals surface area contributed by atoms with Crippen LogP contribution in [0, 0.1) is 29.6 Å². The number of anilines is 1. The van der Waals surface area contributed by atoms with Gasteiger partial charge in [-0.1, -0.05) is 27.2 Å². The number of hydrogen-bond acceptors (Lipinski definition) is 6. The van der Waals surface area contributed by atoms with E-state index in [1.165, 1.54) is 27.1 Å². The Morgan fingerprint density at radius 1 is 1.48 bits per heavy atom. The Hall–Kier alpha value is -2.79. The third-order valence-electron chi connectivity index (χ3n) is 6.23. The summed E-state index contributed by atoms with van der Waals surface area (Å²) in [5, 5.41) is 17.4. The first-order valence-electron chi connectivity index (χ1n) is 9.87. The standard InChI is InChI=1S/C21H24N6OS/c1-5-21(3,4)13-6-7-14-15(10-22)19(29-17(14)9-13)26-18(28)16-8-12(2)25-20-23-11-24-27(16)20/h8,11,13H,5-7,9H2,1-4H3,(H,26,28)/t13-/m1/s1. The van der Waals surface area contributed by atoms with Crippen molar-refractivity contribution in [1.29, 1.82) is 5.26 Å². The quantitative estimate of drug-likeness (QED) is 0.699. The largest absolute Gasteiger partial charge is 0.311 e. The topological polar surface area (TPSA) is 96.0 Å². The summed E-state index contributed by atoms with van der Waals surface area (Å²) >= 11 is 1.54. The van der Waals surface area contributed by atoms with Gasteiger partial charge >= 0.3 is 0 Å². The Morgan fingerprint density at radius 2 is 2.28 bits per heavy atom. The Labute approximate surface area is 173 Å². The van der Waals surface area contributed by atoms with Crippen molar-refractivity contribution in [3.63, 3.8) is 0 Å². The highest BCUT2D eigenvalue weighted by Gasteiger charge is 2.34. The van der Waals surface area contributed by atoms with Crippen LogP contribution in [0.3, 0.4) is 0 Å². The van der Waals surface area contributed by atoms with Crippen LogP contribution in [0.5, 0.6) is 0 Å². The molecule has 0 spiro atoms. The van der Waals surface area contributed by atoms with Gasteiger partial charge < -0.3 is 5.32 Å². The van der Waals surface area contributed by atoms with E-state index in [4.69, 9.17) is 0 Å². The van der Waals surface area contributed by atoms with Gasteiger partial charge in [0.25, 0.3) is 11.7 Å². The van der Waals surface area contributed by atoms with Crippen molar-refractivity contribution in [1.82, 2.24) is 19.6 Å². The van der Waals surface area contributed by atoms with Crippen molar-refractivity contribution in [3.8, 4) is 6.07 Å². The Kier molecular flexibility index (Phi) is 4.87. The van der Waals surface area contributed by atoms with E-state index in [2.05, 4.69) is 47.2 Å². The number of nitriles is 1. The summed E-state index contributed by atoms with van der Waals surface area (Å²) in [5.74, 6) is 0.656. The number of aromatic nitrogens is 4. The highest BCUT2D eigenvalue weighted by Crippen LogP contribution is 2.45. The lowest BCUT2D eigenvalue weighted by Crippen LogP contribution is -2.28. The Bertz CT molecular complexity index is 1140. The predicted octanol–water partition coefficient (Wildman–Crippen LogP) is 4.16. The molecule has 1 amide bonds. The molecule has 3 heterocycles. The number of rotatable bonds is 4. The fraction of sp³-hybridized carbons (Fsp3) is 0.476. The van der Waals surface area contributed by atoms with Crippen LogP contribution in [0.4, 0.5) is 5.00 Å². The lowest BCUT2D eigenvalue weighted by molar-refractivity contribution is 0.102. The van der Waals surface area contributed by atoms with Gasteiger partial charge in [0.1, 0.15) is 23.1 Å². The minimum absolute atomic E-state index is 0.269. The SMILES string of the molecule is CCC(C)(C)[C@@H]1CCc2c(sc(NC(=O)c3cc(C)nc4ncnn34)c2C#N)C1. The van der Waals surface area contributed by atoms with Gasteiger partial charge in [-0.05, 0) is 49.1 Å². The van der Waals surface area contributed by atoms with Crippen molar-refractivity contribution in [2.45, 2.75) is 53.4 Å². The Balaban J connectivity index is 1.66. The lowest BCUT2D eigenvalue weighted by Gasteiger charge is -2.36. The van der Waals surface area contributed by atoms with E-state index in [0.717, 1.165) is 31.2 Å². The molecule has 0 radical (unpaired) electrons. The lowest BCUT2D eigenvalue weighted by atomic mass is 9.69. The monoisotopic (exact) mass is 408 g/mol. The second-order valence-electron chi connectivity index (χ2n) is 8.31. The van der Waals surface area contributed by atoms with Crippen LogP contribution < -0.4 is 5.32 Å². The van der Waals surface area contributed by atoms with E-state index in [1.807, 2.05) is 6.92 Å². The number of nitrogens with zero attached hydrogens (tertiary/aromatic N) is 5. The van der Waals surface area contributed by atoms with Gasteiger partial charge in [-0.25, -0.2) is 4.98 Å². The maximum atomic E-state index is 13.0. The molecule has 8 heteroatoms. The summed E-state index contributed by atoms with van der Waals surface area (Å²) in [6, 6.07) is 4.00. The Morgan fingerprint density at radius 3 is 3.00 bits per heavy atom. The van der Waals surface area contributed by atoms with Crippen molar-refractivity contribution >= 4 is 28.0 Å².